The first-order chi connectivity index (χ1) is 13.0. The maximum absolute atomic E-state index is 13.1. The highest BCUT2D eigenvalue weighted by Gasteiger charge is 2.31. The molecule has 0 radical (unpaired) electrons. The Morgan fingerprint density at radius 3 is 2.59 bits per heavy atom. The van der Waals surface area contributed by atoms with E-state index in [1.165, 1.54) is 0 Å². The molecule has 140 valence electrons. The van der Waals surface area contributed by atoms with Gasteiger partial charge in [0.1, 0.15) is 5.75 Å². The van der Waals surface area contributed by atoms with Crippen LogP contribution in [0.5, 0.6) is 5.75 Å². The number of anilines is 1. The summed E-state index contributed by atoms with van der Waals surface area (Å²) < 4.78 is 6.49. The first-order valence-corrected chi connectivity index (χ1v) is 9.35. The number of para-hydroxylation sites is 2. The van der Waals surface area contributed by atoms with Gasteiger partial charge in [-0.3, -0.25) is 4.79 Å². The molecule has 3 amide bonds. The highest BCUT2D eigenvalue weighted by molar-refractivity contribution is 9.10. The molecular weight excluding hydrogens is 410 g/mol. The van der Waals surface area contributed by atoms with Crippen LogP contribution < -0.4 is 20.7 Å². The van der Waals surface area contributed by atoms with Crippen molar-refractivity contribution in [3.8, 4) is 5.75 Å². The number of allylic oxidation sites excluding steroid dienone is 1. The number of halogens is 1. The summed E-state index contributed by atoms with van der Waals surface area (Å²) in [6, 6.07) is 13.8. The highest BCUT2D eigenvalue weighted by Crippen LogP contribution is 2.30. The van der Waals surface area contributed by atoms with E-state index in [9.17, 15) is 9.59 Å². The molecule has 0 aromatic heterocycles. The van der Waals surface area contributed by atoms with E-state index in [0.29, 0.717) is 29.3 Å². The van der Waals surface area contributed by atoms with Gasteiger partial charge in [0.15, 0.2) is 0 Å². The number of carbonyl (C=O) groups excluding carboxylic acids is 2. The van der Waals surface area contributed by atoms with Crippen LogP contribution in [0.15, 0.2) is 64.3 Å². The second kappa shape index (κ2) is 8.26. The third-order valence-electron chi connectivity index (χ3n) is 4.15. The number of benzene rings is 2. The predicted molar refractivity (Wildman–Crippen MR) is 107 cm³/mol. The summed E-state index contributed by atoms with van der Waals surface area (Å²) in [6.45, 7) is 4.09. The third-order valence-corrected chi connectivity index (χ3v) is 4.68. The molecule has 6 nitrogen and oxygen atoms in total. The van der Waals surface area contributed by atoms with E-state index in [1.54, 1.807) is 19.1 Å². The Kier molecular flexibility index (Phi) is 5.81. The minimum atomic E-state index is -0.550. The van der Waals surface area contributed by atoms with Crippen molar-refractivity contribution in [1.82, 2.24) is 10.6 Å². The summed E-state index contributed by atoms with van der Waals surface area (Å²) in [6.07, 6.45) is 0. The maximum atomic E-state index is 13.1. The molecule has 2 aromatic rings. The van der Waals surface area contributed by atoms with Crippen molar-refractivity contribution in [3.05, 3.63) is 69.8 Å². The lowest BCUT2D eigenvalue weighted by Crippen LogP contribution is -2.45. The van der Waals surface area contributed by atoms with E-state index in [0.717, 1.165) is 10.0 Å². The van der Waals surface area contributed by atoms with Gasteiger partial charge in [0, 0.05) is 10.2 Å². The molecule has 0 spiro atoms. The van der Waals surface area contributed by atoms with Crippen LogP contribution in [0.3, 0.4) is 0 Å². The summed E-state index contributed by atoms with van der Waals surface area (Å²) in [5.41, 5.74) is 2.35. The van der Waals surface area contributed by atoms with Crippen LogP contribution in [0.4, 0.5) is 10.5 Å². The largest absolute Gasteiger partial charge is 0.492 e. The second-order valence-electron chi connectivity index (χ2n) is 6.00. The second-order valence-corrected chi connectivity index (χ2v) is 6.92. The number of amides is 3. The van der Waals surface area contributed by atoms with Gasteiger partial charge in [-0.15, -0.1) is 0 Å². The van der Waals surface area contributed by atoms with Crippen LogP contribution in [0.25, 0.3) is 0 Å². The molecular formula is C20H20BrN3O3. The quantitative estimate of drug-likeness (QED) is 0.668. The molecule has 0 unspecified atom stereocenters. The lowest BCUT2D eigenvalue weighted by atomic mass is 9.95. The van der Waals surface area contributed by atoms with Crippen LogP contribution >= 0.6 is 15.9 Å². The fourth-order valence-electron chi connectivity index (χ4n) is 2.94. The highest BCUT2D eigenvalue weighted by atomic mass is 79.9. The number of nitrogens with one attached hydrogen (secondary N) is 3. The normalized spacial score (nSPS) is 16.4. The molecule has 7 heteroatoms. The summed E-state index contributed by atoms with van der Waals surface area (Å²) >= 11 is 3.40. The SMILES string of the molecule is CCOc1ccccc1NC(=O)C1=C(C)NC(=O)N[C@H]1c1ccc(Br)cc1. The van der Waals surface area contributed by atoms with Crippen LogP contribution in [-0.2, 0) is 4.79 Å². The number of hydrogen-bond donors (Lipinski definition) is 3. The van der Waals surface area contributed by atoms with Crippen LogP contribution in [0.2, 0.25) is 0 Å². The van der Waals surface area contributed by atoms with Gasteiger partial charge in [-0.2, -0.15) is 0 Å². The van der Waals surface area contributed by atoms with Gasteiger partial charge in [-0.05, 0) is 43.7 Å². The molecule has 0 fully saturated rings. The molecule has 0 aliphatic carbocycles. The Morgan fingerprint density at radius 1 is 1.19 bits per heavy atom. The topological polar surface area (TPSA) is 79.5 Å². The van der Waals surface area contributed by atoms with E-state index in [1.807, 2.05) is 43.3 Å². The molecule has 1 heterocycles. The van der Waals surface area contributed by atoms with Crippen molar-refractivity contribution < 1.29 is 14.3 Å². The number of urea groups is 1. The van der Waals surface area contributed by atoms with Crippen LogP contribution in [0, 0.1) is 0 Å². The van der Waals surface area contributed by atoms with E-state index in [-0.39, 0.29) is 11.9 Å². The van der Waals surface area contributed by atoms with Crippen LogP contribution in [0.1, 0.15) is 25.5 Å². The summed E-state index contributed by atoms with van der Waals surface area (Å²) in [5, 5.41) is 8.40. The van der Waals surface area contributed by atoms with Gasteiger partial charge in [0.05, 0.1) is 23.9 Å². The number of hydrogen-bond acceptors (Lipinski definition) is 3. The minimum absolute atomic E-state index is 0.305. The smallest absolute Gasteiger partial charge is 0.319 e. The molecule has 3 rings (SSSR count). The molecule has 27 heavy (non-hydrogen) atoms. The average Bonchev–Trinajstić information content (AvgIpc) is 2.63. The average molecular weight is 430 g/mol. The Labute approximate surface area is 166 Å². The maximum Gasteiger partial charge on any atom is 0.319 e. The molecule has 0 saturated heterocycles. The molecule has 1 atom stereocenters. The standard InChI is InChI=1S/C20H20BrN3O3/c1-3-27-16-7-5-4-6-15(16)23-19(25)17-12(2)22-20(26)24-18(17)13-8-10-14(21)11-9-13/h4-11,18H,3H2,1-2H3,(H,23,25)(H2,22,24,26)/t18-/m0/s1. The van der Waals surface area contributed by atoms with Crippen molar-refractivity contribution in [2.45, 2.75) is 19.9 Å². The van der Waals surface area contributed by atoms with Crippen molar-refractivity contribution in [1.29, 1.82) is 0 Å². The first kappa shape index (κ1) is 19.0. The van der Waals surface area contributed by atoms with Gasteiger partial charge in [-0.25, -0.2) is 4.79 Å². The van der Waals surface area contributed by atoms with Crippen molar-refractivity contribution >= 4 is 33.6 Å². The van der Waals surface area contributed by atoms with Gasteiger partial charge in [-0.1, -0.05) is 40.2 Å². The van der Waals surface area contributed by atoms with E-state index < -0.39 is 6.04 Å². The fraction of sp³-hybridized carbons (Fsp3) is 0.200. The molecule has 0 bridgehead atoms. The van der Waals surface area contributed by atoms with Crippen molar-refractivity contribution in [2.24, 2.45) is 0 Å². The van der Waals surface area contributed by atoms with Crippen LogP contribution in [-0.4, -0.2) is 18.5 Å². The van der Waals surface area contributed by atoms with E-state index in [4.69, 9.17) is 4.74 Å². The zero-order valence-corrected chi connectivity index (χ0v) is 16.6. The summed E-state index contributed by atoms with van der Waals surface area (Å²) in [5.74, 6) is 0.291. The van der Waals surface area contributed by atoms with Gasteiger partial charge in [0.25, 0.3) is 5.91 Å². The third kappa shape index (κ3) is 4.31. The van der Waals surface area contributed by atoms with Gasteiger partial charge < -0.3 is 20.7 Å². The molecule has 1 aliphatic rings. The number of carbonyl (C=O) groups is 2. The summed E-state index contributed by atoms with van der Waals surface area (Å²) in [7, 11) is 0. The van der Waals surface area contributed by atoms with Gasteiger partial charge in [0.2, 0.25) is 0 Å². The molecule has 2 aromatic carbocycles. The van der Waals surface area contributed by atoms with E-state index in [2.05, 4.69) is 31.9 Å². The Hall–Kier alpha value is -2.80. The molecule has 3 N–H and O–H groups in total. The molecule has 0 saturated carbocycles. The molecule has 1 aliphatic heterocycles. The van der Waals surface area contributed by atoms with Gasteiger partial charge >= 0.3 is 6.03 Å². The summed E-state index contributed by atoms with van der Waals surface area (Å²) in [4.78, 5) is 25.0. The number of ether oxygens (including phenoxy) is 1. The number of rotatable bonds is 5. The minimum Gasteiger partial charge on any atom is -0.492 e. The first-order valence-electron chi connectivity index (χ1n) is 8.56. The van der Waals surface area contributed by atoms with Crippen molar-refractivity contribution in [2.75, 3.05) is 11.9 Å². The zero-order chi connectivity index (χ0) is 19.4. The fourth-order valence-corrected chi connectivity index (χ4v) is 3.21. The monoisotopic (exact) mass is 429 g/mol. The lowest BCUT2D eigenvalue weighted by Gasteiger charge is -2.29. The van der Waals surface area contributed by atoms with Crippen molar-refractivity contribution in [3.63, 3.8) is 0 Å². The lowest BCUT2D eigenvalue weighted by molar-refractivity contribution is -0.113. The Balaban J connectivity index is 1.93. The Bertz CT molecular complexity index is 894. The Morgan fingerprint density at radius 2 is 1.89 bits per heavy atom. The zero-order valence-electron chi connectivity index (χ0n) is 15.0. The predicted octanol–water partition coefficient (Wildman–Crippen LogP) is 4.11. The van der Waals surface area contributed by atoms with E-state index >= 15 is 0 Å².